The maximum Gasteiger partial charge on any atom is 0.152 e. The molecular weight excluding hydrogens is 242 g/mol. The number of nitrogens with zero attached hydrogens (tertiary/aromatic N) is 1. The Morgan fingerprint density at radius 3 is 2.61 bits per heavy atom. The molecule has 0 spiro atoms. The summed E-state index contributed by atoms with van der Waals surface area (Å²) in [6, 6.07) is 9.81. The van der Waals surface area contributed by atoms with Crippen molar-refractivity contribution >= 4 is 29.0 Å². The first-order chi connectivity index (χ1) is 8.61. The fourth-order valence-corrected chi connectivity index (χ4v) is 2.62. The smallest absolute Gasteiger partial charge is 0.152 e. The van der Waals surface area contributed by atoms with Crippen LogP contribution in [0.4, 0.5) is 0 Å². The molecule has 3 heteroatoms. The minimum atomic E-state index is 0.442. The van der Waals surface area contributed by atoms with Crippen LogP contribution in [0.3, 0.4) is 0 Å². The summed E-state index contributed by atoms with van der Waals surface area (Å²) in [5.74, 6) is 0.558. The number of thioether (sulfide) groups is 1. The molecule has 0 aliphatic rings. The van der Waals surface area contributed by atoms with Gasteiger partial charge in [0.25, 0.3) is 0 Å². The molecule has 1 heterocycles. The fourth-order valence-electron chi connectivity index (χ4n) is 1.61. The SMILES string of the molecule is CC(C)C(C)Sc1nc2ccccc2cc1C=O. The molecule has 1 unspecified atom stereocenters. The second-order valence-electron chi connectivity index (χ2n) is 4.76. The van der Waals surface area contributed by atoms with E-state index in [0.717, 1.165) is 22.2 Å². The molecule has 0 radical (unpaired) electrons. The van der Waals surface area contributed by atoms with E-state index in [2.05, 4.69) is 25.8 Å². The minimum absolute atomic E-state index is 0.442. The van der Waals surface area contributed by atoms with Crippen LogP contribution in [0.25, 0.3) is 10.9 Å². The lowest BCUT2D eigenvalue weighted by molar-refractivity contribution is 0.112. The molecule has 2 aromatic rings. The molecule has 1 atom stereocenters. The third kappa shape index (κ3) is 2.72. The molecule has 94 valence electrons. The molecule has 1 aromatic heterocycles. The maximum atomic E-state index is 11.2. The monoisotopic (exact) mass is 259 g/mol. The number of fused-ring (bicyclic) bond motifs is 1. The van der Waals surface area contributed by atoms with Crippen molar-refractivity contribution in [1.82, 2.24) is 4.98 Å². The van der Waals surface area contributed by atoms with Gasteiger partial charge in [0.2, 0.25) is 0 Å². The second-order valence-corrected chi connectivity index (χ2v) is 6.13. The highest BCUT2D eigenvalue weighted by Gasteiger charge is 2.13. The molecular formula is C15H17NOS. The number of carbonyl (C=O) groups excluding carboxylic acids is 1. The van der Waals surface area contributed by atoms with Crippen molar-refractivity contribution in [3.8, 4) is 0 Å². The van der Waals surface area contributed by atoms with Gasteiger partial charge in [-0.3, -0.25) is 4.79 Å². The number of hydrogen-bond acceptors (Lipinski definition) is 3. The van der Waals surface area contributed by atoms with E-state index in [4.69, 9.17) is 0 Å². The number of aldehydes is 1. The summed E-state index contributed by atoms with van der Waals surface area (Å²) in [7, 11) is 0. The summed E-state index contributed by atoms with van der Waals surface area (Å²) in [6.45, 7) is 6.53. The maximum absolute atomic E-state index is 11.2. The van der Waals surface area contributed by atoms with E-state index in [0.29, 0.717) is 16.7 Å². The van der Waals surface area contributed by atoms with Crippen LogP contribution >= 0.6 is 11.8 Å². The average Bonchev–Trinajstić information content (AvgIpc) is 2.37. The lowest BCUT2D eigenvalue weighted by Gasteiger charge is -2.15. The zero-order valence-electron chi connectivity index (χ0n) is 10.9. The van der Waals surface area contributed by atoms with Gasteiger partial charge in [-0.2, -0.15) is 0 Å². The fraction of sp³-hybridized carbons (Fsp3) is 0.333. The molecule has 1 aromatic carbocycles. The number of rotatable bonds is 4. The summed E-state index contributed by atoms with van der Waals surface area (Å²) >= 11 is 1.68. The third-order valence-electron chi connectivity index (χ3n) is 3.08. The highest BCUT2D eigenvalue weighted by atomic mass is 32.2. The molecule has 0 N–H and O–H groups in total. The first-order valence-corrected chi connectivity index (χ1v) is 7.01. The Morgan fingerprint density at radius 2 is 1.94 bits per heavy atom. The Labute approximate surface area is 112 Å². The number of para-hydroxylation sites is 1. The van der Waals surface area contributed by atoms with Crippen LogP contribution in [0.5, 0.6) is 0 Å². The highest BCUT2D eigenvalue weighted by Crippen LogP contribution is 2.30. The Hall–Kier alpha value is -1.35. The number of benzene rings is 1. The minimum Gasteiger partial charge on any atom is -0.298 e. The van der Waals surface area contributed by atoms with Crippen LogP contribution in [0.1, 0.15) is 31.1 Å². The first-order valence-electron chi connectivity index (χ1n) is 6.13. The van der Waals surface area contributed by atoms with E-state index >= 15 is 0 Å². The Balaban J connectivity index is 2.45. The molecule has 0 aliphatic heterocycles. The summed E-state index contributed by atoms with van der Waals surface area (Å²) in [5.41, 5.74) is 1.63. The van der Waals surface area contributed by atoms with E-state index in [1.165, 1.54) is 0 Å². The van der Waals surface area contributed by atoms with Gasteiger partial charge in [-0.15, -0.1) is 11.8 Å². The highest BCUT2D eigenvalue weighted by molar-refractivity contribution is 7.99. The topological polar surface area (TPSA) is 30.0 Å². The van der Waals surface area contributed by atoms with Gasteiger partial charge in [0.15, 0.2) is 6.29 Å². The quantitative estimate of drug-likeness (QED) is 0.609. The zero-order valence-corrected chi connectivity index (χ0v) is 11.7. The van der Waals surface area contributed by atoms with Gasteiger partial charge >= 0.3 is 0 Å². The van der Waals surface area contributed by atoms with Crippen molar-refractivity contribution < 1.29 is 4.79 Å². The Morgan fingerprint density at radius 1 is 1.22 bits per heavy atom. The summed E-state index contributed by atoms with van der Waals surface area (Å²) in [4.78, 5) is 15.8. The van der Waals surface area contributed by atoms with Crippen LogP contribution in [-0.2, 0) is 0 Å². The molecule has 2 rings (SSSR count). The molecule has 18 heavy (non-hydrogen) atoms. The van der Waals surface area contributed by atoms with Crippen LogP contribution in [0.2, 0.25) is 0 Å². The van der Waals surface area contributed by atoms with Crippen molar-refractivity contribution in [2.24, 2.45) is 5.92 Å². The summed E-state index contributed by atoms with van der Waals surface area (Å²) in [6.07, 6.45) is 0.898. The van der Waals surface area contributed by atoms with Crippen molar-refractivity contribution in [1.29, 1.82) is 0 Å². The normalized spacial score (nSPS) is 12.9. The van der Waals surface area contributed by atoms with Crippen LogP contribution < -0.4 is 0 Å². The molecule has 0 bridgehead atoms. The lowest BCUT2D eigenvalue weighted by Crippen LogP contribution is -2.07. The number of carbonyl (C=O) groups is 1. The van der Waals surface area contributed by atoms with Gasteiger partial charge in [0.1, 0.15) is 5.03 Å². The molecule has 0 aliphatic carbocycles. The Kier molecular flexibility index (Phi) is 4.02. The largest absolute Gasteiger partial charge is 0.298 e. The third-order valence-corrected chi connectivity index (χ3v) is 4.55. The molecule has 2 nitrogen and oxygen atoms in total. The number of hydrogen-bond donors (Lipinski definition) is 0. The molecule has 0 saturated carbocycles. The van der Waals surface area contributed by atoms with Crippen LogP contribution in [0.15, 0.2) is 35.4 Å². The molecule has 0 saturated heterocycles. The van der Waals surface area contributed by atoms with Gasteiger partial charge in [0.05, 0.1) is 5.52 Å². The van der Waals surface area contributed by atoms with Crippen molar-refractivity contribution in [3.63, 3.8) is 0 Å². The van der Waals surface area contributed by atoms with Crippen molar-refractivity contribution in [3.05, 3.63) is 35.9 Å². The Bertz CT molecular complexity index is 565. The molecule has 0 fully saturated rings. The number of aromatic nitrogens is 1. The van der Waals surface area contributed by atoms with Crippen molar-refractivity contribution in [2.75, 3.05) is 0 Å². The van der Waals surface area contributed by atoms with Crippen LogP contribution in [-0.4, -0.2) is 16.5 Å². The van der Waals surface area contributed by atoms with E-state index in [1.54, 1.807) is 11.8 Å². The van der Waals surface area contributed by atoms with Gasteiger partial charge in [-0.25, -0.2) is 4.98 Å². The standard InChI is InChI=1S/C15H17NOS/c1-10(2)11(3)18-15-13(9-17)8-12-6-4-5-7-14(12)16-15/h4-11H,1-3H3. The van der Waals surface area contributed by atoms with Crippen molar-refractivity contribution in [2.45, 2.75) is 31.0 Å². The molecule has 0 amide bonds. The van der Waals surface area contributed by atoms with Gasteiger partial charge in [-0.05, 0) is 18.1 Å². The van der Waals surface area contributed by atoms with Gasteiger partial charge < -0.3 is 0 Å². The predicted octanol–water partition coefficient (Wildman–Crippen LogP) is 4.18. The number of pyridine rings is 1. The van der Waals surface area contributed by atoms with E-state index in [-0.39, 0.29) is 0 Å². The predicted molar refractivity (Wildman–Crippen MR) is 77.3 cm³/mol. The lowest BCUT2D eigenvalue weighted by atomic mass is 10.1. The summed E-state index contributed by atoms with van der Waals surface area (Å²) < 4.78 is 0. The van der Waals surface area contributed by atoms with E-state index in [1.807, 2.05) is 30.3 Å². The average molecular weight is 259 g/mol. The van der Waals surface area contributed by atoms with E-state index in [9.17, 15) is 4.79 Å². The van der Waals surface area contributed by atoms with E-state index < -0.39 is 0 Å². The second kappa shape index (κ2) is 5.53. The first kappa shape index (κ1) is 13.1. The van der Waals surface area contributed by atoms with Crippen LogP contribution in [0, 0.1) is 5.92 Å². The zero-order chi connectivity index (χ0) is 13.1. The van der Waals surface area contributed by atoms with Gasteiger partial charge in [0, 0.05) is 16.2 Å². The summed E-state index contributed by atoms with van der Waals surface area (Å²) in [5, 5.41) is 2.29. The van der Waals surface area contributed by atoms with Gasteiger partial charge in [-0.1, -0.05) is 39.0 Å².